The van der Waals surface area contributed by atoms with Crippen LogP contribution in [0.3, 0.4) is 0 Å². The molecule has 2 aromatic heterocycles. The van der Waals surface area contributed by atoms with Crippen molar-refractivity contribution in [2.24, 2.45) is 0 Å². The quantitative estimate of drug-likeness (QED) is 0.450. The molecule has 0 aliphatic heterocycles. The third-order valence-electron chi connectivity index (χ3n) is 3.27. The number of thiophene rings is 1. The van der Waals surface area contributed by atoms with Crippen molar-refractivity contribution < 1.29 is 9.36 Å². The Labute approximate surface area is 114 Å². The van der Waals surface area contributed by atoms with Crippen molar-refractivity contribution in [1.82, 2.24) is 4.68 Å². The standard InChI is InChI=1S/C14H14N3OS/c1-10-16(9-13(18)14-7-4-8-19-14)11-5-2-3-6-12(11)17(10)15/h2-8H,9,15H2,1H3/q+1. The molecule has 0 bridgehead atoms. The minimum absolute atomic E-state index is 0.111. The number of imidazole rings is 1. The average Bonchev–Trinajstić information content (AvgIpc) is 3.03. The lowest BCUT2D eigenvalue weighted by Gasteiger charge is -1.98. The van der Waals surface area contributed by atoms with E-state index in [-0.39, 0.29) is 5.78 Å². The van der Waals surface area contributed by atoms with Gasteiger partial charge in [0.1, 0.15) is 0 Å². The van der Waals surface area contributed by atoms with Crippen LogP contribution in [0.25, 0.3) is 11.0 Å². The van der Waals surface area contributed by atoms with Gasteiger partial charge in [-0.1, -0.05) is 18.2 Å². The van der Waals surface area contributed by atoms with Gasteiger partial charge in [0, 0.05) is 6.92 Å². The lowest BCUT2D eigenvalue weighted by Crippen LogP contribution is -2.40. The Morgan fingerprint density at radius 3 is 2.84 bits per heavy atom. The Balaban J connectivity index is 2.06. The SMILES string of the molecule is Cc1n(N)c2ccccc2[n+]1CC(=O)c1cccs1. The Kier molecular flexibility index (Phi) is 2.83. The van der Waals surface area contributed by atoms with E-state index in [0.717, 1.165) is 21.7 Å². The Morgan fingerprint density at radius 2 is 2.11 bits per heavy atom. The number of nitrogen functional groups attached to an aromatic ring is 1. The number of hydrogen-bond donors (Lipinski definition) is 1. The normalized spacial score (nSPS) is 11.0. The number of ketones is 1. The van der Waals surface area contributed by atoms with E-state index in [1.807, 2.05) is 53.3 Å². The molecule has 2 N–H and O–H groups in total. The van der Waals surface area contributed by atoms with Gasteiger partial charge in [-0.2, -0.15) is 0 Å². The van der Waals surface area contributed by atoms with Crippen LogP contribution in [0.15, 0.2) is 41.8 Å². The number of carbonyl (C=O) groups is 1. The fourth-order valence-corrected chi connectivity index (χ4v) is 2.89. The molecule has 0 saturated heterocycles. The van der Waals surface area contributed by atoms with Crippen LogP contribution < -0.4 is 10.4 Å². The maximum Gasteiger partial charge on any atom is 0.277 e. The number of nitrogens with two attached hydrogens (primary N) is 1. The van der Waals surface area contributed by atoms with E-state index < -0.39 is 0 Å². The van der Waals surface area contributed by atoms with Crippen LogP contribution in [0.4, 0.5) is 0 Å². The maximum absolute atomic E-state index is 12.2. The number of carbonyl (C=O) groups excluding carboxylic acids is 1. The van der Waals surface area contributed by atoms with Crippen molar-refractivity contribution in [2.45, 2.75) is 13.5 Å². The minimum Gasteiger partial charge on any atom is -0.289 e. The van der Waals surface area contributed by atoms with Crippen LogP contribution in [-0.2, 0) is 6.54 Å². The number of fused-ring (bicyclic) bond motifs is 1. The van der Waals surface area contributed by atoms with E-state index in [9.17, 15) is 4.79 Å². The van der Waals surface area contributed by atoms with Gasteiger partial charge in [-0.05, 0) is 23.6 Å². The van der Waals surface area contributed by atoms with Crippen LogP contribution in [0.1, 0.15) is 15.5 Å². The Morgan fingerprint density at radius 1 is 1.32 bits per heavy atom. The van der Waals surface area contributed by atoms with Gasteiger partial charge in [-0.3, -0.25) is 10.6 Å². The summed E-state index contributed by atoms with van der Waals surface area (Å²) in [5, 5.41) is 1.91. The zero-order valence-corrected chi connectivity index (χ0v) is 11.4. The topological polar surface area (TPSA) is 51.9 Å². The van der Waals surface area contributed by atoms with Gasteiger partial charge in [-0.25, -0.2) is 4.57 Å². The number of rotatable bonds is 3. The van der Waals surface area contributed by atoms with E-state index in [1.54, 1.807) is 4.68 Å². The smallest absolute Gasteiger partial charge is 0.277 e. The lowest BCUT2D eigenvalue weighted by molar-refractivity contribution is -0.664. The Bertz CT molecular complexity index is 743. The highest BCUT2D eigenvalue weighted by Crippen LogP contribution is 2.13. The van der Waals surface area contributed by atoms with E-state index >= 15 is 0 Å². The van der Waals surface area contributed by atoms with E-state index in [2.05, 4.69) is 0 Å². The summed E-state index contributed by atoms with van der Waals surface area (Å²) in [6.45, 7) is 2.23. The summed E-state index contributed by atoms with van der Waals surface area (Å²) in [6.07, 6.45) is 0. The highest BCUT2D eigenvalue weighted by molar-refractivity contribution is 7.12. The van der Waals surface area contributed by atoms with Crippen molar-refractivity contribution in [1.29, 1.82) is 0 Å². The number of hydrogen-bond acceptors (Lipinski definition) is 3. The van der Waals surface area contributed by atoms with Gasteiger partial charge in [-0.15, -0.1) is 16.0 Å². The fourth-order valence-electron chi connectivity index (χ4n) is 2.23. The molecule has 4 nitrogen and oxygen atoms in total. The van der Waals surface area contributed by atoms with Gasteiger partial charge >= 0.3 is 0 Å². The molecule has 0 aliphatic carbocycles. The van der Waals surface area contributed by atoms with Crippen LogP contribution in [0.5, 0.6) is 0 Å². The van der Waals surface area contributed by atoms with Crippen molar-refractivity contribution >= 4 is 28.2 Å². The molecule has 2 heterocycles. The van der Waals surface area contributed by atoms with Crippen LogP contribution in [-0.4, -0.2) is 10.5 Å². The molecule has 0 unspecified atom stereocenters. The second kappa shape index (κ2) is 4.51. The summed E-state index contributed by atoms with van der Waals surface area (Å²) < 4.78 is 3.58. The molecule has 5 heteroatoms. The molecule has 0 amide bonds. The van der Waals surface area contributed by atoms with Crippen molar-refractivity contribution in [3.05, 3.63) is 52.5 Å². The van der Waals surface area contributed by atoms with Gasteiger partial charge in [0.2, 0.25) is 5.78 Å². The van der Waals surface area contributed by atoms with E-state index in [1.165, 1.54) is 11.3 Å². The first-order valence-electron chi connectivity index (χ1n) is 6.00. The molecule has 3 aromatic rings. The van der Waals surface area contributed by atoms with Gasteiger partial charge in [0.05, 0.1) is 4.88 Å². The zero-order valence-electron chi connectivity index (χ0n) is 10.5. The van der Waals surface area contributed by atoms with E-state index in [4.69, 9.17) is 5.84 Å². The Hall–Kier alpha value is -2.14. The van der Waals surface area contributed by atoms with Crippen LogP contribution in [0, 0.1) is 6.92 Å². The van der Waals surface area contributed by atoms with Gasteiger partial charge < -0.3 is 0 Å². The minimum atomic E-state index is 0.111. The fraction of sp³-hybridized carbons (Fsp3) is 0.143. The maximum atomic E-state index is 12.2. The molecule has 96 valence electrons. The molecule has 1 aromatic carbocycles. The average molecular weight is 272 g/mol. The number of para-hydroxylation sites is 2. The molecule has 0 saturated carbocycles. The van der Waals surface area contributed by atoms with Crippen molar-refractivity contribution in [2.75, 3.05) is 5.84 Å². The van der Waals surface area contributed by atoms with Crippen LogP contribution >= 0.6 is 11.3 Å². The van der Waals surface area contributed by atoms with Crippen molar-refractivity contribution in [3.63, 3.8) is 0 Å². The van der Waals surface area contributed by atoms with Gasteiger partial charge in [0.25, 0.3) is 5.82 Å². The number of Topliss-reactive ketones (excluding diaryl/α,β-unsaturated/α-hetero) is 1. The number of nitrogens with zero attached hydrogens (tertiary/aromatic N) is 2. The molecular weight excluding hydrogens is 258 g/mol. The molecular formula is C14H14N3OS+. The first kappa shape index (κ1) is 11.9. The third kappa shape index (κ3) is 1.92. The summed E-state index contributed by atoms with van der Waals surface area (Å²) in [4.78, 5) is 13.0. The number of benzene rings is 1. The number of aromatic nitrogens is 2. The largest absolute Gasteiger partial charge is 0.289 e. The second-order valence-corrected chi connectivity index (χ2v) is 5.34. The molecule has 0 atom stereocenters. The molecule has 0 aliphatic rings. The zero-order chi connectivity index (χ0) is 13.4. The molecule has 3 rings (SSSR count). The summed E-state index contributed by atoms with van der Waals surface area (Å²) in [5.74, 6) is 7.00. The van der Waals surface area contributed by atoms with Gasteiger partial charge in [0.15, 0.2) is 17.6 Å². The molecule has 19 heavy (non-hydrogen) atoms. The highest BCUT2D eigenvalue weighted by atomic mass is 32.1. The molecule has 0 spiro atoms. The first-order chi connectivity index (χ1) is 9.18. The first-order valence-corrected chi connectivity index (χ1v) is 6.88. The summed E-state index contributed by atoms with van der Waals surface area (Å²) in [7, 11) is 0. The lowest BCUT2D eigenvalue weighted by atomic mass is 10.3. The monoisotopic (exact) mass is 272 g/mol. The predicted molar refractivity (Wildman–Crippen MR) is 75.7 cm³/mol. The predicted octanol–water partition coefficient (Wildman–Crippen LogP) is 1.90. The summed E-state index contributed by atoms with van der Waals surface area (Å²) >= 11 is 1.47. The summed E-state index contributed by atoms with van der Waals surface area (Å²) in [5.41, 5.74) is 1.91. The van der Waals surface area contributed by atoms with E-state index in [0.29, 0.717) is 6.54 Å². The highest BCUT2D eigenvalue weighted by Gasteiger charge is 2.22. The van der Waals surface area contributed by atoms with Crippen LogP contribution in [0.2, 0.25) is 0 Å². The second-order valence-electron chi connectivity index (χ2n) is 4.39. The molecule has 0 radical (unpaired) electrons. The van der Waals surface area contributed by atoms with Crippen molar-refractivity contribution in [3.8, 4) is 0 Å². The third-order valence-corrected chi connectivity index (χ3v) is 4.18. The molecule has 0 fully saturated rings. The summed E-state index contributed by atoms with van der Waals surface area (Å²) in [6, 6.07) is 11.6.